The number of amides is 1. The number of β-amino-alcohol motifs (C(OH)–C–C–N with tert-alkyl or cyclic N) is 1. The minimum atomic E-state index is -0.996. The molecule has 1 atom stereocenters. The molecule has 0 fully saturated rings. The SMILES string of the molecule is CCC1(CC)Oc2cc(N)ccc2N(CC(O)CO)C1=O. The van der Waals surface area contributed by atoms with Crippen molar-refractivity contribution in [1.82, 2.24) is 0 Å². The minimum Gasteiger partial charge on any atom is -0.475 e. The molecule has 1 aromatic rings. The summed E-state index contributed by atoms with van der Waals surface area (Å²) in [6, 6.07) is 5.06. The Bertz CT molecular complexity index is 528. The summed E-state index contributed by atoms with van der Waals surface area (Å²) in [5, 5.41) is 18.8. The molecule has 0 spiro atoms. The molecular formula is C15H22N2O4. The third-order valence-corrected chi connectivity index (χ3v) is 3.96. The van der Waals surface area contributed by atoms with Crippen LogP contribution in [-0.4, -0.2) is 41.0 Å². The van der Waals surface area contributed by atoms with Crippen molar-refractivity contribution in [3.05, 3.63) is 18.2 Å². The first-order valence-corrected chi connectivity index (χ1v) is 7.16. The molecule has 0 bridgehead atoms. The first kappa shape index (κ1) is 15.6. The maximum Gasteiger partial charge on any atom is 0.271 e. The molecule has 0 aliphatic carbocycles. The maximum absolute atomic E-state index is 12.8. The highest BCUT2D eigenvalue weighted by Crippen LogP contribution is 2.41. The van der Waals surface area contributed by atoms with E-state index in [0.29, 0.717) is 30.0 Å². The quantitative estimate of drug-likeness (QED) is 0.701. The molecule has 0 saturated carbocycles. The van der Waals surface area contributed by atoms with Gasteiger partial charge in [0.1, 0.15) is 5.75 Å². The molecule has 6 nitrogen and oxygen atoms in total. The minimum absolute atomic E-state index is 0.0252. The van der Waals surface area contributed by atoms with Crippen molar-refractivity contribution in [3.8, 4) is 5.75 Å². The summed E-state index contributed by atoms with van der Waals surface area (Å²) in [6.45, 7) is 3.40. The molecular weight excluding hydrogens is 272 g/mol. The zero-order valence-corrected chi connectivity index (χ0v) is 12.4. The molecule has 1 heterocycles. The third kappa shape index (κ3) is 2.69. The Balaban J connectivity index is 2.49. The van der Waals surface area contributed by atoms with Crippen molar-refractivity contribution in [2.75, 3.05) is 23.8 Å². The number of hydrogen-bond acceptors (Lipinski definition) is 5. The van der Waals surface area contributed by atoms with Crippen LogP contribution in [0.1, 0.15) is 26.7 Å². The van der Waals surface area contributed by atoms with Crippen LogP contribution in [0.25, 0.3) is 0 Å². The number of hydrogen-bond donors (Lipinski definition) is 3. The number of anilines is 2. The van der Waals surface area contributed by atoms with Gasteiger partial charge in [-0.05, 0) is 25.0 Å². The van der Waals surface area contributed by atoms with E-state index in [1.165, 1.54) is 4.90 Å². The summed E-state index contributed by atoms with van der Waals surface area (Å²) in [4.78, 5) is 14.3. The van der Waals surface area contributed by atoms with Crippen LogP contribution < -0.4 is 15.4 Å². The smallest absolute Gasteiger partial charge is 0.271 e. The fourth-order valence-corrected chi connectivity index (χ4v) is 2.59. The van der Waals surface area contributed by atoms with Gasteiger partial charge in [0.25, 0.3) is 5.91 Å². The van der Waals surface area contributed by atoms with E-state index in [9.17, 15) is 9.90 Å². The molecule has 1 aliphatic rings. The van der Waals surface area contributed by atoms with Crippen molar-refractivity contribution in [3.63, 3.8) is 0 Å². The van der Waals surface area contributed by atoms with Gasteiger partial charge in [0.15, 0.2) is 5.60 Å². The van der Waals surface area contributed by atoms with Gasteiger partial charge in [-0.2, -0.15) is 0 Å². The largest absolute Gasteiger partial charge is 0.475 e. The van der Waals surface area contributed by atoms with Crippen LogP contribution in [-0.2, 0) is 4.79 Å². The zero-order chi connectivity index (χ0) is 15.6. The van der Waals surface area contributed by atoms with Gasteiger partial charge in [0.05, 0.1) is 24.9 Å². The van der Waals surface area contributed by atoms with E-state index in [0.717, 1.165) is 0 Å². The lowest BCUT2D eigenvalue weighted by Gasteiger charge is -2.42. The highest BCUT2D eigenvalue weighted by atomic mass is 16.5. The zero-order valence-electron chi connectivity index (χ0n) is 12.4. The number of carbonyl (C=O) groups excluding carboxylic acids is 1. The molecule has 1 aromatic carbocycles. The van der Waals surface area contributed by atoms with Crippen molar-refractivity contribution in [1.29, 1.82) is 0 Å². The van der Waals surface area contributed by atoms with Crippen molar-refractivity contribution in [2.24, 2.45) is 0 Å². The van der Waals surface area contributed by atoms with E-state index in [-0.39, 0.29) is 12.5 Å². The lowest BCUT2D eigenvalue weighted by atomic mass is 9.92. The Hall–Kier alpha value is -1.79. The van der Waals surface area contributed by atoms with Gasteiger partial charge >= 0.3 is 0 Å². The summed E-state index contributed by atoms with van der Waals surface area (Å²) in [5.74, 6) is 0.334. The average molecular weight is 294 g/mol. The molecule has 4 N–H and O–H groups in total. The number of aliphatic hydroxyl groups is 2. The van der Waals surface area contributed by atoms with E-state index in [1.54, 1.807) is 18.2 Å². The van der Waals surface area contributed by atoms with Crippen LogP contribution in [0.5, 0.6) is 5.75 Å². The highest BCUT2D eigenvalue weighted by molar-refractivity contribution is 6.03. The lowest BCUT2D eigenvalue weighted by Crippen LogP contribution is -2.57. The summed E-state index contributed by atoms with van der Waals surface area (Å²) < 4.78 is 5.94. The molecule has 0 aromatic heterocycles. The third-order valence-electron chi connectivity index (χ3n) is 3.96. The fourth-order valence-electron chi connectivity index (χ4n) is 2.59. The topological polar surface area (TPSA) is 96.0 Å². The van der Waals surface area contributed by atoms with Crippen LogP contribution in [0.15, 0.2) is 18.2 Å². The number of nitrogen functional groups attached to an aromatic ring is 1. The van der Waals surface area contributed by atoms with E-state index >= 15 is 0 Å². The Morgan fingerprint density at radius 2 is 2.05 bits per heavy atom. The van der Waals surface area contributed by atoms with Crippen LogP contribution in [0, 0.1) is 0 Å². The second-order valence-corrected chi connectivity index (χ2v) is 5.28. The molecule has 21 heavy (non-hydrogen) atoms. The number of aliphatic hydroxyl groups excluding tert-OH is 2. The van der Waals surface area contributed by atoms with Crippen LogP contribution in [0.3, 0.4) is 0 Å². The standard InChI is InChI=1S/C15H22N2O4/c1-3-15(4-2)14(20)17(8-11(19)9-18)12-6-5-10(16)7-13(12)21-15/h5-7,11,18-19H,3-4,8-9,16H2,1-2H3. The Labute approximate surface area is 124 Å². The number of carbonyl (C=O) groups is 1. The number of rotatable bonds is 5. The Kier molecular flexibility index (Phi) is 4.39. The van der Waals surface area contributed by atoms with Gasteiger partial charge in [-0.3, -0.25) is 4.79 Å². The van der Waals surface area contributed by atoms with Gasteiger partial charge in [0.2, 0.25) is 0 Å². The molecule has 2 rings (SSSR count). The number of nitrogens with two attached hydrogens (primary N) is 1. The fraction of sp³-hybridized carbons (Fsp3) is 0.533. The number of ether oxygens (including phenoxy) is 1. The monoisotopic (exact) mass is 294 g/mol. The summed E-state index contributed by atoms with van der Waals surface area (Å²) in [6.07, 6.45) is 0.0359. The molecule has 1 amide bonds. The number of fused-ring (bicyclic) bond motifs is 1. The second kappa shape index (κ2) is 5.91. The molecule has 0 radical (unpaired) electrons. The van der Waals surface area contributed by atoms with Gasteiger partial charge in [-0.15, -0.1) is 0 Å². The maximum atomic E-state index is 12.8. The Morgan fingerprint density at radius 3 is 2.62 bits per heavy atom. The first-order valence-electron chi connectivity index (χ1n) is 7.16. The van der Waals surface area contributed by atoms with Crippen molar-refractivity contribution < 1.29 is 19.7 Å². The van der Waals surface area contributed by atoms with Crippen molar-refractivity contribution >= 4 is 17.3 Å². The van der Waals surface area contributed by atoms with Gasteiger partial charge < -0.3 is 25.6 Å². The second-order valence-electron chi connectivity index (χ2n) is 5.28. The van der Waals surface area contributed by atoms with Crippen LogP contribution in [0.2, 0.25) is 0 Å². The van der Waals surface area contributed by atoms with Crippen molar-refractivity contribution in [2.45, 2.75) is 38.4 Å². The summed E-state index contributed by atoms with van der Waals surface area (Å²) >= 11 is 0. The van der Waals surface area contributed by atoms with E-state index < -0.39 is 18.3 Å². The number of benzene rings is 1. The predicted molar refractivity (Wildman–Crippen MR) is 80.2 cm³/mol. The molecule has 0 saturated heterocycles. The van der Waals surface area contributed by atoms with Gasteiger partial charge in [-0.25, -0.2) is 0 Å². The van der Waals surface area contributed by atoms with Crippen LogP contribution in [0.4, 0.5) is 11.4 Å². The van der Waals surface area contributed by atoms with Gasteiger partial charge in [0, 0.05) is 11.8 Å². The van der Waals surface area contributed by atoms with Crippen LogP contribution >= 0.6 is 0 Å². The average Bonchev–Trinajstić information content (AvgIpc) is 2.49. The van der Waals surface area contributed by atoms with E-state index in [2.05, 4.69) is 0 Å². The first-order chi connectivity index (χ1) is 9.97. The predicted octanol–water partition coefficient (Wildman–Crippen LogP) is 0.906. The highest BCUT2D eigenvalue weighted by Gasteiger charge is 2.46. The Morgan fingerprint density at radius 1 is 1.38 bits per heavy atom. The van der Waals surface area contributed by atoms with E-state index in [1.807, 2.05) is 13.8 Å². The molecule has 1 unspecified atom stereocenters. The number of nitrogens with zero attached hydrogens (tertiary/aromatic N) is 1. The van der Waals surface area contributed by atoms with Gasteiger partial charge in [-0.1, -0.05) is 13.8 Å². The summed E-state index contributed by atoms with van der Waals surface area (Å²) in [5.41, 5.74) is 5.96. The lowest BCUT2D eigenvalue weighted by molar-refractivity contribution is -0.136. The molecule has 6 heteroatoms. The normalized spacial score (nSPS) is 18.1. The summed E-state index contributed by atoms with van der Waals surface area (Å²) in [7, 11) is 0. The molecule has 116 valence electrons. The van der Waals surface area contributed by atoms with E-state index in [4.69, 9.17) is 15.6 Å². The molecule has 1 aliphatic heterocycles.